The number of likely N-dealkylation sites (tertiary alicyclic amines) is 1. The Morgan fingerprint density at radius 2 is 2.10 bits per heavy atom. The van der Waals surface area contributed by atoms with E-state index < -0.39 is 0 Å². The molecule has 0 aliphatic carbocycles. The van der Waals surface area contributed by atoms with E-state index in [2.05, 4.69) is 20.7 Å². The lowest BCUT2D eigenvalue weighted by atomic mass is 10.3. The molecular weight excluding hydrogens is 278 g/mol. The Morgan fingerprint density at radius 1 is 1.40 bits per heavy atom. The molecule has 0 radical (unpaired) electrons. The van der Waals surface area contributed by atoms with Gasteiger partial charge in [-0.25, -0.2) is 0 Å². The average molecular weight is 297 g/mol. The second kappa shape index (κ2) is 6.74. The highest BCUT2D eigenvalue weighted by Crippen LogP contribution is 2.18. The quantitative estimate of drug-likeness (QED) is 0.850. The maximum atomic E-state index is 12.3. The Balaban J connectivity index is 2.08. The Bertz CT molecular complexity index is 480. The molecule has 20 heavy (non-hydrogen) atoms. The van der Waals surface area contributed by atoms with E-state index >= 15 is 0 Å². The predicted molar refractivity (Wildman–Crippen MR) is 77.7 cm³/mol. The topological polar surface area (TPSA) is 91.0 Å². The van der Waals surface area contributed by atoms with Crippen molar-refractivity contribution in [3.05, 3.63) is 5.69 Å². The number of nitrogens with zero attached hydrogens (tertiary/aromatic N) is 3. The molecule has 1 aliphatic heterocycles. The summed E-state index contributed by atoms with van der Waals surface area (Å²) in [6, 6.07) is 0. The molecule has 1 aromatic rings. The fourth-order valence-corrected chi connectivity index (χ4v) is 2.80. The summed E-state index contributed by atoms with van der Waals surface area (Å²) >= 11 is 1.47. The maximum absolute atomic E-state index is 12.3. The van der Waals surface area contributed by atoms with Crippen molar-refractivity contribution < 1.29 is 9.59 Å². The SMILES string of the molecule is CCC(SC)C(=O)Nc1n[nH]nc1C(=O)N1CCCC1. The van der Waals surface area contributed by atoms with E-state index in [-0.39, 0.29) is 28.6 Å². The van der Waals surface area contributed by atoms with E-state index in [1.807, 2.05) is 13.2 Å². The first-order chi connectivity index (χ1) is 9.67. The summed E-state index contributed by atoms with van der Waals surface area (Å²) in [4.78, 5) is 26.0. The van der Waals surface area contributed by atoms with Crippen LogP contribution in [0.25, 0.3) is 0 Å². The Labute approximate surface area is 121 Å². The molecule has 7 nitrogen and oxygen atoms in total. The number of carbonyl (C=O) groups is 2. The van der Waals surface area contributed by atoms with Gasteiger partial charge in [-0.15, -0.1) is 10.2 Å². The lowest BCUT2D eigenvalue weighted by Crippen LogP contribution is -2.30. The lowest BCUT2D eigenvalue weighted by Gasteiger charge is -2.15. The zero-order valence-corrected chi connectivity index (χ0v) is 12.5. The molecule has 0 spiro atoms. The number of amides is 2. The third-order valence-corrected chi connectivity index (χ3v) is 4.45. The van der Waals surface area contributed by atoms with Crippen LogP contribution in [0.3, 0.4) is 0 Å². The normalized spacial score (nSPS) is 16.2. The predicted octanol–water partition coefficient (Wildman–Crippen LogP) is 1.12. The molecule has 110 valence electrons. The van der Waals surface area contributed by atoms with Gasteiger partial charge in [-0.05, 0) is 25.5 Å². The smallest absolute Gasteiger partial charge is 0.278 e. The van der Waals surface area contributed by atoms with Crippen LogP contribution in [0, 0.1) is 0 Å². The van der Waals surface area contributed by atoms with Crippen LogP contribution in [0.15, 0.2) is 0 Å². The fourth-order valence-electron chi connectivity index (χ4n) is 2.19. The van der Waals surface area contributed by atoms with Gasteiger partial charge in [0.2, 0.25) is 5.91 Å². The standard InChI is InChI=1S/C12H19N5O2S/c1-3-8(20-2)11(18)13-10-9(14-16-15-10)12(19)17-6-4-5-7-17/h8H,3-7H2,1-2H3,(H2,13,14,15,16,18). The minimum Gasteiger partial charge on any atom is -0.337 e. The van der Waals surface area contributed by atoms with Gasteiger partial charge in [-0.2, -0.15) is 17.0 Å². The largest absolute Gasteiger partial charge is 0.337 e. The van der Waals surface area contributed by atoms with Crippen LogP contribution in [0.4, 0.5) is 5.82 Å². The van der Waals surface area contributed by atoms with Crippen molar-refractivity contribution in [2.75, 3.05) is 24.7 Å². The number of thioether (sulfide) groups is 1. The summed E-state index contributed by atoms with van der Waals surface area (Å²) in [7, 11) is 0. The Kier molecular flexibility index (Phi) is 4.99. The van der Waals surface area contributed by atoms with Crippen molar-refractivity contribution in [3.8, 4) is 0 Å². The number of anilines is 1. The van der Waals surface area contributed by atoms with Gasteiger partial charge in [-0.3, -0.25) is 9.59 Å². The van der Waals surface area contributed by atoms with Crippen molar-refractivity contribution in [1.82, 2.24) is 20.3 Å². The summed E-state index contributed by atoms with van der Waals surface area (Å²) in [5, 5.41) is 12.7. The highest BCUT2D eigenvalue weighted by Gasteiger charge is 2.26. The van der Waals surface area contributed by atoms with E-state index in [1.165, 1.54) is 11.8 Å². The number of carbonyl (C=O) groups excluding carboxylic acids is 2. The molecule has 2 N–H and O–H groups in total. The number of aromatic nitrogens is 3. The van der Waals surface area contributed by atoms with Crippen LogP contribution >= 0.6 is 11.8 Å². The van der Waals surface area contributed by atoms with Gasteiger partial charge < -0.3 is 10.2 Å². The maximum Gasteiger partial charge on any atom is 0.278 e. The first kappa shape index (κ1) is 14.8. The summed E-state index contributed by atoms with van der Waals surface area (Å²) in [6.07, 6.45) is 4.62. The zero-order valence-electron chi connectivity index (χ0n) is 11.7. The van der Waals surface area contributed by atoms with Crippen molar-refractivity contribution in [1.29, 1.82) is 0 Å². The van der Waals surface area contributed by atoms with Crippen LogP contribution < -0.4 is 5.32 Å². The van der Waals surface area contributed by atoms with Crippen molar-refractivity contribution in [3.63, 3.8) is 0 Å². The van der Waals surface area contributed by atoms with Crippen molar-refractivity contribution in [2.24, 2.45) is 0 Å². The van der Waals surface area contributed by atoms with Gasteiger partial charge in [0.15, 0.2) is 11.5 Å². The van der Waals surface area contributed by atoms with Crippen LogP contribution in [0.2, 0.25) is 0 Å². The van der Waals surface area contributed by atoms with Gasteiger partial charge in [0.05, 0.1) is 5.25 Å². The zero-order chi connectivity index (χ0) is 14.5. The van der Waals surface area contributed by atoms with Crippen LogP contribution in [0.5, 0.6) is 0 Å². The van der Waals surface area contributed by atoms with E-state index in [0.717, 1.165) is 32.4 Å². The number of aromatic amines is 1. The highest BCUT2D eigenvalue weighted by molar-refractivity contribution is 7.99. The summed E-state index contributed by atoms with van der Waals surface area (Å²) in [5.74, 6) is -0.104. The van der Waals surface area contributed by atoms with Gasteiger partial charge in [0, 0.05) is 13.1 Å². The molecule has 2 heterocycles. The molecule has 2 rings (SSSR count). The summed E-state index contributed by atoms with van der Waals surface area (Å²) in [6.45, 7) is 3.42. The number of H-pyrrole nitrogens is 1. The third kappa shape index (κ3) is 3.12. The van der Waals surface area contributed by atoms with Gasteiger partial charge in [0.1, 0.15) is 0 Å². The van der Waals surface area contributed by atoms with Crippen LogP contribution in [-0.4, -0.2) is 56.7 Å². The summed E-state index contributed by atoms with van der Waals surface area (Å²) < 4.78 is 0. The highest BCUT2D eigenvalue weighted by atomic mass is 32.2. The molecule has 1 atom stereocenters. The molecule has 1 aliphatic rings. The molecule has 1 unspecified atom stereocenters. The van der Waals surface area contributed by atoms with Crippen LogP contribution in [0.1, 0.15) is 36.7 Å². The summed E-state index contributed by atoms with van der Waals surface area (Å²) in [5.41, 5.74) is 0.191. The minimum absolute atomic E-state index is 0.149. The molecule has 1 aromatic heterocycles. The van der Waals surface area contributed by atoms with E-state index in [0.29, 0.717) is 0 Å². The molecular formula is C12H19N5O2S. The molecule has 0 saturated carbocycles. The first-order valence-corrected chi connectivity index (χ1v) is 7.99. The molecule has 1 fully saturated rings. The number of rotatable bonds is 5. The van der Waals surface area contributed by atoms with Crippen molar-refractivity contribution >= 4 is 29.4 Å². The fraction of sp³-hybridized carbons (Fsp3) is 0.667. The van der Waals surface area contributed by atoms with Gasteiger partial charge in [-0.1, -0.05) is 6.92 Å². The average Bonchev–Trinajstić information content (AvgIpc) is 3.10. The van der Waals surface area contributed by atoms with Gasteiger partial charge in [0.25, 0.3) is 5.91 Å². The Morgan fingerprint density at radius 3 is 2.70 bits per heavy atom. The monoisotopic (exact) mass is 297 g/mol. The number of nitrogens with one attached hydrogen (secondary N) is 2. The molecule has 8 heteroatoms. The van der Waals surface area contributed by atoms with Crippen LogP contribution in [-0.2, 0) is 4.79 Å². The minimum atomic E-state index is -0.177. The molecule has 1 saturated heterocycles. The molecule has 0 aromatic carbocycles. The number of hydrogen-bond donors (Lipinski definition) is 2. The Hall–Kier alpha value is -1.57. The number of hydrogen-bond acceptors (Lipinski definition) is 5. The van der Waals surface area contributed by atoms with Crippen molar-refractivity contribution in [2.45, 2.75) is 31.4 Å². The van der Waals surface area contributed by atoms with Gasteiger partial charge >= 0.3 is 0 Å². The van der Waals surface area contributed by atoms with E-state index in [9.17, 15) is 9.59 Å². The third-order valence-electron chi connectivity index (χ3n) is 3.33. The second-order valence-corrected chi connectivity index (χ2v) is 5.68. The first-order valence-electron chi connectivity index (χ1n) is 6.71. The second-order valence-electron chi connectivity index (χ2n) is 4.64. The molecule has 0 bridgehead atoms. The lowest BCUT2D eigenvalue weighted by molar-refractivity contribution is -0.115. The molecule has 2 amide bonds. The van der Waals surface area contributed by atoms with E-state index in [1.54, 1.807) is 4.90 Å². The van der Waals surface area contributed by atoms with E-state index in [4.69, 9.17) is 0 Å².